The highest BCUT2D eigenvalue weighted by Gasteiger charge is 2.32. The van der Waals surface area contributed by atoms with Gasteiger partial charge in [0.2, 0.25) is 0 Å². The van der Waals surface area contributed by atoms with Crippen molar-refractivity contribution in [2.24, 2.45) is 11.8 Å². The van der Waals surface area contributed by atoms with Gasteiger partial charge >= 0.3 is 5.97 Å². The highest BCUT2D eigenvalue weighted by molar-refractivity contribution is 5.84. The highest BCUT2D eigenvalue weighted by Crippen LogP contribution is 2.34. The Morgan fingerprint density at radius 3 is 2.54 bits per heavy atom. The van der Waals surface area contributed by atoms with Crippen molar-refractivity contribution in [2.45, 2.75) is 51.4 Å². The van der Waals surface area contributed by atoms with Crippen LogP contribution in [0.3, 0.4) is 0 Å². The number of carbonyl (C=O) groups is 2. The first-order valence-corrected chi connectivity index (χ1v) is 9.14. The van der Waals surface area contributed by atoms with Crippen LogP contribution in [-0.2, 0) is 9.59 Å². The lowest BCUT2D eigenvalue weighted by Crippen LogP contribution is -2.13. The Morgan fingerprint density at radius 2 is 1.88 bits per heavy atom. The molecule has 0 saturated heterocycles. The molecule has 0 aliphatic heterocycles. The third-order valence-electron chi connectivity index (χ3n) is 4.95. The molecule has 26 heavy (non-hydrogen) atoms. The molecule has 1 aromatic carbocycles. The standard InChI is InChI=1S/C20H25NO5/c22-19-14-11-16(18(19)5-3-1-2-4-6-20(23)24)10-7-15-8-12-17(13-9-15)21(25)26/h7-10,12-13,16,18H,1-6,11,14H2,(H,23,24)/t16-,18+/m1/s1. The molecule has 1 aliphatic rings. The van der Waals surface area contributed by atoms with Crippen molar-refractivity contribution in [3.05, 3.63) is 46.0 Å². The predicted octanol–water partition coefficient (Wildman–Crippen LogP) is 4.63. The van der Waals surface area contributed by atoms with Crippen molar-refractivity contribution in [3.8, 4) is 0 Å². The van der Waals surface area contributed by atoms with Gasteiger partial charge in [0.1, 0.15) is 5.78 Å². The number of hydrogen-bond acceptors (Lipinski definition) is 4. The number of rotatable bonds is 10. The number of unbranched alkanes of at least 4 members (excludes halogenated alkanes) is 3. The lowest BCUT2D eigenvalue weighted by Gasteiger charge is -2.14. The lowest BCUT2D eigenvalue weighted by atomic mass is 9.89. The number of carboxylic acid groups (broad SMARTS) is 1. The fraction of sp³-hybridized carbons (Fsp3) is 0.500. The molecular weight excluding hydrogens is 334 g/mol. The van der Waals surface area contributed by atoms with E-state index < -0.39 is 10.9 Å². The summed E-state index contributed by atoms with van der Waals surface area (Å²) in [7, 11) is 0. The van der Waals surface area contributed by atoms with E-state index in [9.17, 15) is 19.7 Å². The summed E-state index contributed by atoms with van der Waals surface area (Å²) in [5.41, 5.74) is 0.960. The number of Topliss-reactive ketones (excluding diaryl/α,β-unsaturated/α-hetero) is 1. The van der Waals surface area contributed by atoms with Gasteiger partial charge in [0.25, 0.3) is 5.69 Å². The number of carbonyl (C=O) groups excluding carboxylic acids is 1. The summed E-state index contributed by atoms with van der Waals surface area (Å²) in [6, 6.07) is 6.38. The van der Waals surface area contributed by atoms with Crippen molar-refractivity contribution in [1.29, 1.82) is 0 Å². The summed E-state index contributed by atoms with van der Waals surface area (Å²) >= 11 is 0. The predicted molar refractivity (Wildman–Crippen MR) is 98.7 cm³/mol. The van der Waals surface area contributed by atoms with E-state index in [0.717, 1.165) is 37.7 Å². The van der Waals surface area contributed by atoms with Gasteiger partial charge in [-0.25, -0.2) is 0 Å². The molecule has 0 spiro atoms. The number of aliphatic carboxylic acids is 1. The van der Waals surface area contributed by atoms with Crippen molar-refractivity contribution < 1.29 is 19.6 Å². The normalized spacial score (nSPS) is 19.9. The van der Waals surface area contributed by atoms with E-state index in [1.807, 2.05) is 6.08 Å². The van der Waals surface area contributed by atoms with E-state index in [-0.39, 0.29) is 23.9 Å². The summed E-state index contributed by atoms with van der Waals surface area (Å²) in [5, 5.41) is 19.3. The average molecular weight is 359 g/mol. The lowest BCUT2D eigenvalue weighted by molar-refractivity contribution is -0.384. The smallest absolute Gasteiger partial charge is 0.303 e. The number of non-ortho nitro benzene ring substituents is 1. The van der Waals surface area contributed by atoms with Crippen LogP contribution in [0.2, 0.25) is 0 Å². The second kappa shape index (κ2) is 9.85. The molecule has 0 bridgehead atoms. The van der Waals surface area contributed by atoms with Crippen LogP contribution >= 0.6 is 0 Å². The van der Waals surface area contributed by atoms with E-state index >= 15 is 0 Å². The first-order chi connectivity index (χ1) is 12.5. The molecule has 2 atom stereocenters. The van der Waals surface area contributed by atoms with Gasteiger partial charge in [-0.3, -0.25) is 19.7 Å². The molecule has 0 aromatic heterocycles. The molecule has 1 saturated carbocycles. The summed E-state index contributed by atoms with van der Waals surface area (Å²) in [5.74, 6) is -0.179. The number of nitrogens with zero attached hydrogens (tertiary/aromatic N) is 1. The Hall–Kier alpha value is -2.50. The van der Waals surface area contributed by atoms with Crippen LogP contribution in [-0.4, -0.2) is 21.8 Å². The average Bonchev–Trinajstić information content (AvgIpc) is 2.96. The van der Waals surface area contributed by atoms with Crippen LogP contribution in [0.1, 0.15) is 56.9 Å². The molecular formula is C20H25NO5. The number of ketones is 1. The molecule has 1 fully saturated rings. The van der Waals surface area contributed by atoms with Gasteiger partial charge in [-0.2, -0.15) is 0 Å². The van der Waals surface area contributed by atoms with Crippen molar-refractivity contribution in [2.75, 3.05) is 0 Å². The zero-order valence-electron chi connectivity index (χ0n) is 14.8. The Balaban J connectivity index is 1.82. The first-order valence-electron chi connectivity index (χ1n) is 9.14. The zero-order valence-corrected chi connectivity index (χ0v) is 14.8. The number of allylic oxidation sites excluding steroid dienone is 1. The Kier molecular flexibility index (Phi) is 7.51. The fourth-order valence-electron chi connectivity index (χ4n) is 3.48. The van der Waals surface area contributed by atoms with Gasteiger partial charge in [0, 0.05) is 30.9 Å². The third-order valence-corrected chi connectivity index (χ3v) is 4.95. The maximum atomic E-state index is 12.1. The minimum absolute atomic E-state index is 0.0452. The SMILES string of the molecule is O=C(O)CCCCCC[C@@H]1C(=O)CC[C@H]1C=Cc1ccc([N+](=O)[O-])cc1. The van der Waals surface area contributed by atoms with Gasteiger partial charge in [-0.05, 0) is 42.9 Å². The number of nitro benzene ring substituents is 1. The molecule has 1 aromatic rings. The quantitative estimate of drug-likeness (QED) is 0.373. The minimum atomic E-state index is -0.757. The molecule has 1 aliphatic carbocycles. The van der Waals surface area contributed by atoms with Gasteiger partial charge in [-0.15, -0.1) is 0 Å². The van der Waals surface area contributed by atoms with Gasteiger partial charge < -0.3 is 5.11 Å². The first kappa shape index (κ1) is 19.8. The molecule has 0 unspecified atom stereocenters. The van der Waals surface area contributed by atoms with E-state index in [0.29, 0.717) is 18.6 Å². The summed E-state index contributed by atoms with van der Waals surface area (Å²) in [4.78, 5) is 32.9. The maximum Gasteiger partial charge on any atom is 0.303 e. The Morgan fingerprint density at radius 1 is 1.19 bits per heavy atom. The molecule has 6 nitrogen and oxygen atoms in total. The second-order valence-electron chi connectivity index (χ2n) is 6.83. The second-order valence-corrected chi connectivity index (χ2v) is 6.83. The van der Waals surface area contributed by atoms with Crippen LogP contribution in [0, 0.1) is 22.0 Å². The Labute approximate surface area is 153 Å². The molecule has 0 amide bonds. The molecule has 6 heteroatoms. The number of hydrogen-bond donors (Lipinski definition) is 1. The van der Waals surface area contributed by atoms with Gasteiger partial charge in [0.15, 0.2) is 0 Å². The van der Waals surface area contributed by atoms with Gasteiger partial charge in [0.05, 0.1) is 4.92 Å². The van der Waals surface area contributed by atoms with Crippen LogP contribution in [0.15, 0.2) is 30.3 Å². The molecule has 1 N–H and O–H groups in total. The van der Waals surface area contributed by atoms with Crippen LogP contribution in [0.5, 0.6) is 0 Å². The van der Waals surface area contributed by atoms with E-state index in [1.165, 1.54) is 12.1 Å². The van der Waals surface area contributed by atoms with E-state index in [2.05, 4.69) is 6.08 Å². The molecule has 140 valence electrons. The largest absolute Gasteiger partial charge is 0.481 e. The summed E-state index contributed by atoms with van der Waals surface area (Å²) < 4.78 is 0. The minimum Gasteiger partial charge on any atom is -0.481 e. The van der Waals surface area contributed by atoms with E-state index in [1.54, 1.807) is 12.1 Å². The topological polar surface area (TPSA) is 97.5 Å². The van der Waals surface area contributed by atoms with Crippen LogP contribution < -0.4 is 0 Å². The fourth-order valence-corrected chi connectivity index (χ4v) is 3.48. The number of nitro groups is 1. The molecule has 2 rings (SSSR count). The summed E-state index contributed by atoms with van der Waals surface area (Å²) in [6.07, 6.45) is 9.99. The van der Waals surface area contributed by atoms with E-state index in [4.69, 9.17) is 5.11 Å². The molecule has 0 radical (unpaired) electrons. The number of carboxylic acids is 1. The van der Waals surface area contributed by atoms with Crippen molar-refractivity contribution >= 4 is 23.5 Å². The molecule has 0 heterocycles. The van der Waals surface area contributed by atoms with Gasteiger partial charge in [-0.1, -0.05) is 31.4 Å². The monoisotopic (exact) mass is 359 g/mol. The van der Waals surface area contributed by atoms with Crippen molar-refractivity contribution in [1.82, 2.24) is 0 Å². The summed E-state index contributed by atoms with van der Waals surface area (Å²) in [6.45, 7) is 0. The Bertz CT molecular complexity index is 665. The number of benzene rings is 1. The maximum absolute atomic E-state index is 12.1. The highest BCUT2D eigenvalue weighted by atomic mass is 16.6. The third kappa shape index (κ3) is 6.10. The van der Waals surface area contributed by atoms with Crippen LogP contribution in [0.25, 0.3) is 6.08 Å². The van der Waals surface area contributed by atoms with Crippen LogP contribution in [0.4, 0.5) is 5.69 Å². The zero-order chi connectivity index (χ0) is 18.9. The van der Waals surface area contributed by atoms with Crippen molar-refractivity contribution in [3.63, 3.8) is 0 Å².